The van der Waals surface area contributed by atoms with Gasteiger partial charge >= 0.3 is 0 Å². The van der Waals surface area contributed by atoms with Crippen molar-refractivity contribution in [3.8, 4) is 5.75 Å². The summed E-state index contributed by atoms with van der Waals surface area (Å²) < 4.78 is 34.3. The Morgan fingerprint density at radius 3 is 2.26 bits per heavy atom. The number of carbonyl (C=O) groups is 1. The minimum Gasteiger partial charge on any atom is -0.497 e. The van der Waals surface area contributed by atoms with Gasteiger partial charge in [0, 0.05) is 25.2 Å². The molecule has 1 aromatic heterocycles. The average molecular weight is 575 g/mol. The van der Waals surface area contributed by atoms with Crippen LogP contribution in [0.25, 0.3) is 10.2 Å². The van der Waals surface area contributed by atoms with Gasteiger partial charge in [-0.25, -0.2) is 13.4 Å². The molecule has 3 aromatic carbocycles. The van der Waals surface area contributed by atoms with Gasteiger partial charge in [0.05, 0.1) is 27.9 Å². The zero-order valence-corrected chi connectivity index (χ0v) is 24.1. The minimum absolute atomic E-state index is 0. The number of rotatable bonds is 10. The zero-order valence-electron chi connectivity index (χ0n) is 21.7. The van der Waals surface area contributed by atoms with Gasteiger partial charge in [0.25, 0.3) is 15.9 Å². The van der Waals surface area contributed by atoms with Crippen LogP contribution in [0.5, 0.6) is 5.75 Å². The number of aromatic nitrogens is 1. The molecule has 0 aliphatic carbocycles. The smallest absolute Gasteiger partial charge is 0.264 e. The Balaban J connectivity index is 0.00000400. The first-order chi connectivity index (χ1) is 17.7. The molecule has 0 fully saturated rings. The minimum atomic E-state index is -3.78. The number of amides is 1. The van der Waals surface area contributed by atoms with Crippen LogP contribution in [0, 0.1) is 0 Å². The van der Waals surface area contributed by atoms with Crippen LogP contribution in [-0.4, -0.2) is 65.0 Å². The Morgan fingerprint density at radius 1 is 0.974 bits per heavy atom. The molecular formula is C27H31ClN4O4S2. The van der Waals surface area contributed by atoms with Crippen LogP contribution in [0.1, 0.15) is 17.3 Å². The lowest BCUT2D eigenvalue weighted by Gasteiger charge is -2.24. The van der Waals surface area contributed by atoms with E-state index in [1.807, 2.05) is 43.3 Å². The van der Waals surface area contributed by atoms with E-state index in [1.54, 1.807) is 55.3 Å². The summed E-state index contributed by atoms with van der Waals surface area (Å²) in [5, 5.41) is 0.577. The number of thiazole rings is 1. The lowest BCUT2D eigenvalue weighted by Crippen LogP contribution is -2.36. The molecule has 0 spiro atoms. The second-order valence-corrected chi connectivity index (χ2v) is 11.5. The quantitative estimate of drug-likeness (QED) is 0.260. The summed E-state index contributed by atoms with van der Waals surface area (Å²) in [6, 6.07) is 20.7. The van der Waals surface area contributed by atoms with E-state index in [4.69, 9.17) is 4.74 Å². The Labute approximate surface area is 233 Å². The van der Waals surface area contributed by atoms with E-state index in [9.17, 15) is 13.2 Å². The van der Waals surface area contributed by atoms with E-state index < -0.39 is 10.0 Å². The summed E-state index contributed by atoms with van der Waals surface area (Å²) in [5.74, 6) is 0.481. The predicted octanol–water partition coefficient (Wildman–Crippen LogP) is 5.15. The fraction of sp³-hybridized carbons (Fsp3) is 0.259. The second kappa shape index (κ2) is 12.6. The maximum Gasteiger partial charge on any atom is 0.264 e. The SMILES string of the molecule is CCN(c1ccccc1)S(=O)(=O)c1ccc(C(=O)N(CCN(C)C)c2nc3ccc(OC)cc3s2)cc1.Cl. The molecule has 0 aliphatic rings. The van der Waals surface area contributed by atoms with Crippen molar-refractivity contribution in [3.63, 3.8) is 0 Å². The molecule has 38 heavy (non-hydrogen) atoms. The highest BCUT2D eigenvalue weighted by atomic mass is 35.5. The van der Waals surface area contributed by atoms with Crippen molar-refractivity contribution in [2.24, 2.45) is 0 Å². The molecule has 11 heteroatoms. The first-order valence-corrected chi connectivity index (χ1v) is 14.1. The topological polar surface area (TPSA) is 83.1 Å². The molecule has 8 nitrogen and oxygen atoms in total. The van der Waals surface area contributed by atoms with Gasteiger partial charge < -0.3 is 9.64 Å². The second-order valence-electron chi connectivity index (χ2n) is 8.62. The highest BCUT2D eigenvalue weighted by molar-refractivity contribution is 7.92. The van der Waals surface area contributed by atoms with E-state index in [2.05, 4.69) is 4.98 Å². The number of benzene rings is 3. The molecule has 1 amide bonds. The molecule has 0 atom stereocenters. The molecule has 0 N–H and O–H groups in total. The number of likely N-dealkylation sites (N-methyl/N-ethyl adjacent to an activating group) is 1. The summed E-state index contributed by atoms with van der Waals surface area (Å²) in [5.41, 5.74) is 1.76. The van der Waals surface area contributed by atoms with Crippen molar-refractivity contribution >= 4 is 60.7 Å². The van der Waals surface area contributed by atoms with E-state index in [0.29, 0.717) is 29.5 Å². The van der Waals surface area contributed by atoms with Crippen LogP contribution in [-0.2, 0) is 10.0 Å². The summed E-state index contributed by atoms with van der Waals surface area (Å²) in [7, 11) is 1.71. The van der Waals surface area contributed by atoms with Crippen LogP contribution in [0.4, 0.5) is 10.8 Å². The first-order valence-electron chi connectivity index (χ1n) is 11.8. The van der Waals surface area contributed by atoms with Gasteiger partial charge in [-0.1, -0.05) is 29.5 Å². The number of hydrogen-bond acceptors (Lipinski definition) is 7. The summed E-state index contributed by atoms with van der Waals surface area (Å²) in [4.78, 5) is 22.1. The van der Waals surface area contributed by atoms with Gasteiger partial charge in [-0.15, -0.1) is 12.4 Å². The highest BCUT2D eigenvalue weighted by Crippen LogP contribution is 2.32. The van der Waals surface area contributed by atoms with Crippen molar-refractivity contribution in [2.75, 3.05) is 50.0 Å². The number of sulfonamides is 1. The van der Waals surface area contributed by atoms with Crippen LogP contribution >= 0.6 is 23.7 Å². The largest absolute Gasteiger partial charge is 0.497 e. The van der Waals surface area contributed by atoms with Crippen molar-refractivity contribution in [1.29, 1.82) is 0 Å². The third kappa shape index (κ3) is 6.27. The standard InChI is InChI=1S/C27H30N4O4S2.ClH/c1-5-31(21-9-7-6-8-10-21)37(33,34)23-14-11-20(12-15-23)26(32)30(18-17-29(2)3)27-28-24-16-13-22(35-4)19-25(24)36-27;/h6-16,19H,5,17-18H2,1-4H3;1H. The molecule has 0 bridgehead atoms. The van der Waals surface area contributed by atoms with Crippen molar-refractivity contribution in [2.45, 2.75) is 11.8 Å². The third-order valence-corrected chi connectivity index (χ3v) is 8.81. The lowest BCUT2D eigenvalue weighted by atomic mass is 10.2. The van der Waals surface area contributed by atoms with E-state index in [0.717, 1.165) is 16.0 Å². The zero-order chi connectivity index (χ0) is 26.6. The Bertz CT molecular complexity index is 1480. The van der Waals surface area contributed by atoms with Crippen molar-refractivity contribution < 1.29 is 17.9 Å². The Kier molecular flexibility index (Phi) is 9.72. The monoisotopic (exact) mass is 574 g/mol. The molecule has 1 heterocycles. The summed E-state index contributed by atoms with van der Waals surface area (Å²) in [6.45, 7) is 3.15. The molecule has 4 rings (SSSR count). The van der Waals surface area contributed by atoms with Gasteiger partial charge in [-0.05, 0) is 75.6 Å². The average Bonchev–Trinajstić information content (AvgIpc) is 3.32. The van der Waals surface area contributed by atoms with Gasteiger partial charge in [0.2, 0.25) is 0 Å². The molecule has 202 valence electrons. The number of halogens is 1. The van der Waals surface area contributed by atoms with E-state index in [-0.39, 0.29) is 29.8 Å². The third-order valence-electron chi connectivity index (χ3n) is 5.85. The maximum absolute atomic E-state index is 13.6. The predicted molar refractivity (Wildman–Crippen MR) is 157 cm³/mol. The molecular weight excluding hydrogens is 544 g/mol. The normalized spacial score (nSPS) is 11.3. The number of ether oxygens (including phenoxy) is 1. The van der Waals surface area contributed by atoms with Gasteiger partial charge in [-0.3, -0.25) is 14.0 Å². The first kappa shape index (κ1) is 29.4. The van der Waals surface area contributed by atoms with Crippen molar-refractivity contribution in [3.05, 3.63) is 78.4 Å². The summed E-state index contributed by atoms with van der Waals surface area (Å²) >= 11 is 1.41. The fourth-order valence-corrected chi connectivity index (χ4v) is 6.35. The number of anilines is 2. The number of methoxy groups -OCH3 is 1. The molecule has 0 saturated carbocycles. The van der Waals surface area contributed by atoms with Crippen LogP contribution < -0.4 is 13.9 Å². The maximum atomic E-state index is 13.6. The molecule has 4 aromatic rings. The van der Waals surface area contributed by atoms with Gasteiger partial charge in [-0.2, -0.15) is 0 Å². The van der Waals surface area contributed by atoms with Crippen LogP contribution in [0.3, 0.4) is 0 Å². The summed E-state index contributed by atoms with van der Waals surface area (Å²) in [6.07, 6.45) is 0. The van der Waals surface area contributed by atoms with Crippen LogP contribution in [0.15, 0.2) is 77.7 Å². The lowest BCUT2D eigenvalue weighted by molar-refractivity contribution is 0.0985. The number of carbonyl (C=O) groups excluding carboxylic acids is 1. The number of hydrogen-bond donors (Lipinski definition) is 0. The molecule has 0 saturated heterocycles. The van der Waals surface area contributed by atoms with Crippen molar-refractivity contribution in [1.82, 2.24) is 9.88 Å². The molecule has 0 unspecified atom stereocenters. The number of para-hydroxylation sites is 1. The fourth-order valence-electron chi connectivity index (χ4n) is 3.86. The molecule has 0 aliphatic heterocycles. The number of fused-ring (bicyclic) bond motifs is 1. The number of nitrogens with zero attached hydrogens (tertiary/aromatic N) is 4. The molecule has 0 radical (unpaired) electrons. The van der Waals surface area contributed by atoms with E-state index in [1.165, 1.54) is 27.8 Å². The van der Waals surface area contributed by atoms with Gasteiger partial charge in [0.1, 0.15) is 5.75 Å². The Morgan fingerprint density at radius 2 is 1.66 bits per heavy atom. The Hall–Kier alpha value is -3.18. The van der Waals surface area contributed by atoms with Crippen LogP contribution in [0.2, 0.25) is 0 Å². The van der Waals surface area contributed by atoms with Gasteiger partial charge in [0.15, 0.2) is 5.13 Å². The highest BCUT2D eigenvalue weighted by Gasteiger charge is 2.25. The van der Waals surface area contributed by atoms with E-state index >= 15 is 0 Å².